The fourth-order valence-electron chi connectivity index (χ4n) is 8.84. The molecule has 0 rings (SSSR count). The van der Waals surface area contributed by atoms with Crippen LogP contribution in [0.2, 0.25) is 0 Å². The van der Waals surface area contributed by atoms with Crippen molar-refractivity contribution >= 4 is 55.8 Å². The fourth-order valence-corrected chi connectivity index (χ4v) is 9.87. The average molecular weight is 988 g/mol. The van der Waals surface area contributed by atoms with Crippen LogP contribution < -0.4 is 0 Å². The molecule has 0 heterocycles. The first-order valence-corrected chi connectivity index (χ1v) is 30.3. The van der Waals surface area contributed by atoms with Crippen molar-refractivity contribution in [3.63, 3.8) is 0 Å². The summed E-state index contributed by atoms with van der Waals surface area (Å²) >= 11 is 14.5. The monoisotopic (exact) mass is 987 g/mol. The standard InChI is InChI=1S/C57H110O6S3/c1-4-7-10-13-15-16-17-18-19-20-21-22-23-30-37-44-55(58)61-49-51(63-57(60)46-39-31-25-24-28-35-41-52(64)40-34-27-14-11-8-5-2)50-62-56(59)45-38-32-26-29-36-43-54(66)48-47-53(65)42-33-12-9-6-3/h51-54,64-66H,4-50H2,1-3H3. The van der Waals surface area contributed by atoms with Gasteiger partial charge in [-0.2, -0.15) is 37.9 Å². The molecule has 0 spiro atoms. The Bertz CT molecular complexity index is 1050. The number of thiol groups is 3. The highest BCUT2D eigenvalue weighted by molar-refractivity contribution is 7.81. The van der Waals surface area contributed by atoms with Crippen LogP contribution in [0.1, 0.15) is 310 Å². The molecular weight excluding hydrogens is 877 g/mol. The normalized spacial score (nSPS) is 13.4. The predicted octanol–water partition coefficient (Wildman–Crippen LogP) is 18.5. The number of carbonyl (C=O) groups excluding carboxylic acids is 3. The second-order valence-corrected chi connectivity index (χ2v) is 22.3. The highest BCUT2D eigenvalue weighted by Gasteiger charge is 2.20. The Kier molecular flexibility index (Phi) is 51.9. The van der Waals surface area contributed by atoms with E-state index in [0.717, 1.165) is 89.9 Å². The maximum absolute atomic E-state index is 12.9. The molecule has 9 heteroatoms. The van der Waals surface area contributed by atoms with Crippen molar-refractivity contribution in [2.24, 2.45) is 0 Å². The smallest absolute Gasteiger partial charge is 0.306 e. The van der Waals surface area contributed by atoms with E-state index in [0.29, 0.717) is 35.0 Å². The Morgan fingerprint density at radius 3 is 0.833 bits per heavy atom. The summed E-state index contributed by atoms with van der Waals surface area (Å²) in [5, 5.41) is 1.45. The Hall–Kier alpha value is -0.540. The molecule has 0 aromatic heterocycles. The van der Waals surface area contributed by atoms with Gasteiger partial charge in [-0.25, -0.2) is 0 Å². The molecule has 0 radical (unpaired) electrons. The van der Waals surface area contributed by atoms with E-state index in [1.165, 1.54) is 180 Å². The maximum Gasteiger partial charge on any atom is 0.306 e. The molecule has 0 aliphatic heterocycles. The molecule has 0 aromatic carbocycles. The number of rotatable bonds is 53. The SMILES string of the molecule is CCCCCCCCCCCCCCCCCC(=O)OCC(COC(=O)CCCCCCCC(S)CCC(S)CCCCCC)OC(=O)CCCCCCCCC(S)CCCCCCCC. The Balaban J connectivity index is 4.44. The van der Waals surface area contributed by atoms with Gasteiger partial charge in [-0.15, -0.1) is 0 Å². The third kappa shape index (κ3) is 49.9. The van der Waals surface area contributed by atoms with E-state index in [1.54, 1.807) is 0 Å². The van der Waals surface area contributed by atoms with Gasteiger partial charge in [0.05, 0.1) is 0 Å². The second kappa shape index (κ2) is 52.3. The molecule has 0 aliphatic rings. The summed E-state index contributed by atoms with van der Waals surface area (Å²) < 4.78 is 16.9. The first-order valence-electron chi connectivity index (χ1n) is 28.8. The van der Waals surface area contributed by atoms with Crippen molar-refractivity contribution in [1.82, 2.24) is 0 Å². The van der Waals surface area contributed by atoms with Crippen LogP contribution in [0.3, 0.4) is 0 Å². The van der Waals surface area contributed by atoms with Gasteiger partial charge in [-0.1, -0.05) is 233 Å². The molecule has 0 aromatic rings. The van der Waals surface area contributed by atoms with E-state index in [1.807, 2.05) is 0 Å². The van der Waals surface area contributed by atoms with Gasteiger partial charge < -0.3 is 14.2 Å². The Labute approximate surface area is 426 Å². The van der Waals surface area contributed by atoms with Crippen molar-refractivity contribution in [2.45, 2.75) is 332 Å². The molecule has 4 unspecified atom stereocenters. The molecule has 0 amide bonds. The summed E-state index contributed by atoms with van der Waals surface area (Å²) in [5.74, 6) is -0.895. The van der Waals surface area contributed by atoms with E-state index >= 15 is 0 Å². The minimum atomic E-state index is -0.787. The number of carbonyl (C=O) groups is 3. The zero-order valence-electron chi connectivity index (χ0n) is 43.8. The van der Waals surface area contributed by atoms with Gasteiger partial charge in [0.1, 0.15) is 13.2 Å². The number of unbranched alkanes of at least 4 members (excludes halogenated alkanes) is 31. The molecule has 0 N–H and O–H groups in total. The first kappa shape index (κ1) is 65.5. The van der Waals surface area contributed by atoms with Crippen LogP contribution in [-0.4, -0.2) is 53.0 Å². The van der Waals surface area contributed by atoms with Gasteiger partial charge in [0, 0.05) is 35.0 Å². The van der Waals surface area contributed by atoms with Crippen LogP contribution in [-0.2, 0) is 28.6 Å². The minimum Gasteiger partial charge on any atom is -0.462 e. The van der Waals surface area contributed by atoms with E-state index < -0.39 is 6.10 Å². The molecule has 0 bridgehead atoms. The lowest BCUT2D eigenvalue weighted by Crippen LogP contribution is -2.30. The molecule has 392 valence electrons. The van der Waals surface area contributed by atoms with Crippen molar-refractivity contribution in [1.29, 1.82) is 0 Å². The van der Waals surface area contributed by atoms with E-state index in [9.17, 15) is 14.4 Å². The molecule has 0 saturated heterocycles. The quantitative estimate of drug-likeness (QED) is 0.0244. The van der Waals surface area contributed by atoms with E-state index in [-0.39, 0.29) is 31.1 Å². The zero-order chi connectivity index (χ0) is 48.4. The van der Waals surface area contributed by atoms with Crippen LogP contribution in [0.15, 0.2) is 0 Å². The van der Waals surface area contributed by atoms with Crippen molar-refractivity contribution in [2.75, 3.05) is 13.2 Å². The van der Waals surface area contributed by atoms with Crippen molar-refractivity contribution in [3.8, 4) is 0 Å². The number of esters is 3. The summed E-state index contributed by atoms with van der Waals surface area (Å²) in [7, 11) is 0. The lowest BCUT2D eigenvalue weighted by Gasteiger charge is -2.18. The number of ether oxygens (including phenoxy) is 3. The van der Waals surface area contributed by atoms with Gasteiger partial charge >= 0.3 is 17.9 Å². The van der Waals surface area contributed by atoms with Crippen molar-refractivity contribution in [3.05, 3.63) is 0 Å². The topological polar surface area (TPSA) is 78.9 Å². The van der Waals surface area contributed by atoms with Gasteiger partial charge in [0.15, 0.2) is 6.10 Å². The first-order chi connectivity index (χ1) is 32.2. The average Bonchev–Trinajstić information content (AvgIpc) is 3.30. The molecular formula is C57H110O6S3. The molecule has 4 atom stereocenters. The van der Waals surface area contributed by atoms with Crippen molar-refractivity contribution < 1.29 is 28.6 Å². The summed E-state index contributed by atoms with van der Waals surface area (Å²) in [6.45, 7) is 6.62. The largest absolute Gasteiger partial charge is 0.462 e. The van der Waals surface area contributed by atoms with Crippen LogP contribution in [0, 0.1) is 0 Å². The van der Waals surface area contributed by atoms with Gasteiger partial charge in [-0.05, 0) is 57.8 Å². The molecule has 66 heavy (non-hydrogen) atoms. The third-order valence-corrected chi connectivity index (χ3v) is 14.9. The molecule has 0 aliphatic carbocycles. The molecule has 6 nitrogen and oxygen atoms in total. The van der Waals surface area contributed by atoms with E-state index in [2.05, 4.69) is 20.8 Å². The van der Waals surface area contributed by atoms with Crippen LogP contribution in [0.25, 0.3) is 0 Å². The van der Waals surface area contributed by atoms with E-state index in [4.69, 9.17) is 52.1 Å². The fraction of sp³-hybridized carbons (Fsp3) is 0.947. The van der Waals surface area contributed by atoms with Gasteiger partial charge in [0.25, 0.3) is 0 Å². The van der Waals surface area contributed by atoms with Crippen LogP contribution in [0.5, 0.6) is 0 Å². The predicted molar refractivity (Wildman–Crippen MR) is 295 cm³/mol. The zero-order valence-corrected chi connectivity index (χ0v) is 46.5. The van der Waals surface area contributed by atoms with Gasteiger partial charge in [-0.3, -0.25) is 14.4 Å². The van der Waals surface area contributed by atoms with Crippen LogP contribution >= 0.6 is 37.9 Å². The highest BCUT2D eigenvalue weighted by Crippen LogP contribution is 2.22. The summed E-state index contributed by atoms with van der Waals surface area (Å²) in [5.41, 5.74) is 0. The Morgan fingerprint density at radius 1 is 0.303 bits per heavy atom. The maximum atomic E-state index is 12.9. The summed E-state index contributed by atoms with van der Waals surface area (Å²) in [6, 6.07) is 0. The lowest BCUT2D eigenvalue weighted by atomic mass is 10.0. The minimum absolute atomic E-state index is 0.0820. The number of hydrogen-bond donors (Lipinski definition) is 3. The van der Waals surface area contributed by atoms with Crippen LogP contribution in [0.4, 0.5) is 0 Å². The third-order valence-electron chi connectivity index (χ3n) is 13.3. The summed E-state index contributed by atoms with van der Waals surface area (Å²) in [6.07, 6.45) is 51.2. The lowest BCUT2D eigenvalue weighted by molar-refractivity contribution is -0.167. The second-order valence-electron chi connectivity index (χ2n) is 20.1. The molecule has 0 fully saturated rings. The van der Waals surface area contributed by atoms with Gasteiger partial charge in [0.2, 0.25) is 0 Å². The number of hydrogen-bond acceptors (Lipinski definition) is 9. The highest BCUT2D eigenvalue weighted by atomic mass is 32.1. The molecule has 0 saturated carbocycles. The Morgan fingerprint density at radius 2 is 0.530 bits per heavy atom. The summed E-state index contributed by atoms with van der Waals surface area (Å²) in [4.78, 5) is 38.3.